The second-order valence-corrected chi connectivity index (χ2v) is 6.88. The molecular weight excluding hydrogens is 324 g/mol. The van der Waals surface area contributed by atoms with Gasteiger partial charge in [-0.05, 0) is 12.1 Å². The molecular formula is C10H9ClN4O3S2. The fraction of sp³-hybridized carbons (Fsp3) is 0.100. The van der Waals surface area contributed by atoms with Crippen molar-refractivity contribution in [3.05, 3.63) is 29.3 Å². The zero-order chi connectivity index (χ0) is 14.8. The van der Waals surface area contributed by atoms with Gasteiger partial charge in [0.15, 0.2) is 0 Å². The molecule has 0 unspecified atom stereocenters. The van der Waals surface area contributed by atoms with E-state index < -0.39 is 10.0 Å². The molecule has 0 saturated carbocycles. The molecule has 20 heavy (non-hydrogen) atoms. The molecule has 0 aliphatic heterocycles. The van der Waals surface area contributed by atoms with E-state index in [1.807, 2.05) is 0 Å². The number of hydrogen-bond donors (Lipinski definition) is 2. The van der Waals surface area contributed by atoms with Crippen LogP contribution in [0.4, 0.5) is 10.8 Å². The molecule has 0 bridgehead atoms. The summed E-state index contributed by atoms with van der Waals surface area (Å²) < 4.78 is 26.2. The fourth-order valence-electron chi connectivity index (χ4n) is 1.25. The number of aromatic nitrogens is 2. The van der Waals surface area contributed by atoms with Crippen LogP contribution in [-0.4, -0.2) is 24.5 Å². The smallest absolute Gasteiger partial charge is 0.291 e. The Morgan fingerprint density at radius 2 is 2.00 bits per heavy atom. The first-order valence-electron chi connectivity index (χ1n) is 5.27. The van der Waals surface area contributed by atoms with Crippen LogP contribution in [0.3, 0.4) is 0 Å². The zero-order valence-electron chi connectivity index (χ0n) is 10.1. The van der Waals surface area contributed by atoms with Crippen LogP contribution in [0.25, 0.3) is 0 Å². The second kappa shape index (κ2) is 5.73. The van der Waals surface area contributed by atoms with Crippen LogP contribution in [-0.2, 0) is 14.8 Å². The Morgan fingerprint density at radius 1 is 1.30 bits per heavy atom. The topological polar surface area (TPSA) is 101 Å². The minimum absolute atomic E-state index is 0.108. The van der Waals surface area contributed by atoms with Crippen molar-refractivity contribution in [2.45, 2.75) is 11.3 Å². The molecule has 0 fully saturated rings. The summed E-state index contributed by atoms with van der Waals surface area (Å²) in [6.07, 6.45) is 0. The van der Waals surface area contributed by atoms with Gasteiger partial charge >= 0.3 is 0 Å². The van der Waals surface area contributed by atoms with Crippen molar-refractivity contribution in [1.82, 2.24) is 10.2 Å². The number of hydrogen-bond acceptors (Lipinski definition) is 6. The maximum atomic E-state index is 12.1. The van der Waals surface area contributed by atoms with Gasteiger partial charge < -0.3 is 5.32 Å². The molecule has 1 amide bonds. The SMILES string of the molecule is CC(=O)Nc1nnc(S(=O)(=O)Nc2ccccc2Cl)s1. The predicted molar refractivity (Wildman–Crippen MR) is 76.5 cm³/mol. The Bertz CT molecular complexity index is 744. The standard InChI is InChI=1S/C10H9ClN4O3S2/c1-6(16)12-9-13-14-10(19-9)20(17,18)15-8-5-3-2-4-7(8)11/h2-5,15H,1H3,(H,12,13,16). The molecule has 2 aromatic rings. The first kappa shape index (κ1) is 14.7. The Hall–Kier alpha value is -1.71. The van der Waals surface area contributed by atoms with Gasteiger partial charge in [-0.15, -0.1) is 10.2 Å². The van der Waals surface area contributed by atoms with Crippen LogP contribution in [0.15, 0.2) is 28.6 Å². The lowest BCUT2D eigenvalue weighted by Crippen LogP contribution is -2.13. The summed E-state index contributed by atoms with van der Waals surface area (Å²) in [6.45, 7) is 1.29. The van der Waals surface area contributed by atoms with E-state index in [0.29, 0.717) is 0 Å². The Kier molecular flexibility index (Phi) is 4.21. The number of rotatable bonds is 4. The highest BCUT2D eigenvalue weighted by atomic mass is 35.5. The average molecular weight is 333 g/mol. The third kappa shape index (κ3) is 3.44. The number of carbonyl (C=O) groups is 1. The lowest BCUT2D eigenvalue weighted by molar-refractivity contribution is -0.114. The monoisotopic (exact) mass is 332 g/mol. The molecule has 2 N–H and O–H groups in total. The van der Waals surface area contributed by atoms with Gasteiger partial charge in [-0.25, -0.2) is 0 Å². The molecule has 10 heteroatoms. The van der Waals surface area contributed by atoms with Gasteiger partial charge in [0.05, 0.1) is 10.7 Å². The number of benzene rings is 1. The zero-order valence-corrected chi connectivity index (χ0v) is 12.5. The molecule has 0 aliphatic rings. The van der Waals surface area contributed by atoms with E-state index in [1.54, 1.807) is 18.2 Å². The first-order chi connectivity index (χ1) is 9.38. The van der Waals surface area contributed by atoms with Gasteiger partial charge in [0.1, 0.15) is 0 Å². The summed E-state index contributed by atoms with van der Waals surface area (Å²) in [5, 5.41) is 9.83. The number of nitrogens with one attached hydrogen (secondary N) is 2. The number of anilines is 2. The molecule has 0 radical (unpaired) electrons. The summed E-state index contributed by atoms with van der Waals surface area (Å²) in [6, 6.07) is 6.41. The van der Waals surface area contributed by atoms with Crippen molar-refractivity contribution < 1.29 is 13.2 Å². The maximum Gasteiger partial charge on any atom is 0.291 e. The quantitative estimate of drug-likeness (QED) is 0.833. The number of nitrogens with zero attached hydrogens (tertiary/aromatic N) is 2. The summed E-state index contributed by atoms with van der Waals surface area (Å²) in [4.78, 5) is 10.9. The molecule has 1 aromatic carbocycles. The number of para-hydroxylation sites is 1. The van der Waals surface area contributed by atoms with E-state index in [4.69, 9.17) is 11.6 Å². The number of amides is 1. The van der Waals surface area contributed by atoms with E-state index in [2.05, 4.69) is 20.2 Å². The molecule has 7 nitrogen and oxygen atoms in total. The number of carbonyl (C=O) groups excluding carboxylic acids is 1. The minimum atomic E-state index is -3.89. The molecule has 0 saturated heterocycles. The summed E-state index contributed by atoms with van der Waals surface area (Å²) >= 11 is 6.62. The predicted octanol–water partition coefficient (Wildman–Crippen LogP) is 1.95. The van der Waals surface area contributed by atoms with Gasteiger partial charge in [-0.3, -0.25) is 9.52 Å². The van der Waals surface area contributed by atoms with Crippen molar-refractivity contribution in [3.8, 4) is 0 Å². The second-order valence-electron chi connectivity index (χ2n) is 3.64. The van der Waals surface area contributed by atoms with Crippen molar-refractivity contribution in [2.24, 2.45) is 0 Å². The molecule has 0 aliphatic carbocycles. The Labute approximate surface area is 124 Å². The van der Waals surface area contributed by atoms with Crippen LogP contribution < -0.4 is 10.0 Å². The lowest BCUT2D eigenvalue weighted by atomic mass is 10.3. The van der Waals surface area contributed by atoms with Crippen LogP contribution in [0.5, 0.6) is 0 Å². The maximum absolute atomic E-state index is 12.1. The largest absolute Gasteiger partial charge is 0.301 e. The van der Waals surface area contributed by atoms with Gasteiger partial charge in [0.25, 0.3) is 14.4 Å². The summed E-state index contributed by atoms with van der Waals surface area (Å²) in [7, 11) is -3.89. The third-order valence-electron chi connectivity index (χ3n) is 2.04. The van der Waals surface area contributed by atoms with Gasteiger partial charge in [-0.2, -0.15) is 8.42 Å². The number of halogens is 1. The summed E-state index contributed by atoms with van der Waals surface area (Å²) in [5.74, 6) is -0.357. The minimum Gasteiger partial charge on any atom is -0.301 e. The van der Waals surface area contributed by atoms with Gasteiger partial charge in [-0.1, -0.05) is 35.1 Å². The van der Waals surface area contributed by atoms with E-state index >= 15 is 0 Å². The van der Waals surface area contributed by atoms with Crippen LogP contribution in [0.1, 0.15) is 6.92 Å². The van der Waals surface area contributed by atoms with Gasteiger partial charge in [0.2, 0.25) is 11.0 Å². The molecule has 2 rings (SSSR count). The van der Waals surface area contributed by atoms with E-state index in [9.17, 15) is 13.2 Å². The van der Waals surface area contributed by atoms with E-state index in [-0.39, 0.29) is 26.1 Å². The summed E-state index contributed by atoms with van der Waals surface area (Å²) in [5.41, 5.74) is 0.241. The highest BCUT2D eigenvalue weighted by Gasteiger charge is 2.21. The average Bonchev–Trinajstić information content (AvgIpc) is 2.80. The van der Waals surface area contributed by atoms with Crippen molar-refractivity contribution in [2.75, 3.05) is 10.0 Å². The Balaban J connectivity index is 2.25. The van der Waals surface area contributed by atoms with Crippen LogP contribution >= 0.6 is 22.9 Å². The van der Waals surface area contributed by atoms with Crippen molar-refractivity contribution in [1.29, 1.82) is 0 Å². The normalized spacial score (nSPS) is 11.1. The highest BCUT2D eigenvalue weighted by molar-refractivity contribution is 7.94. The third-order valence-corrected chi connectivity index (χ3v) is 4.94. The highest BCUT2D eigenvalue weighted by Crippen LogP contribution is 2.26. The van der Waals surface area contributed by atoms with Gasteiger partial charge in [0, 0.05) is 6.92 Å². The molecule has 106 valence electrons. The van der Waals surface area contributed by atoms with Crippen LogP contribution in [0.2, 0.25) is 5.02 Å². The molecule has 1 aromatic heterocycles. The molecule has 0 atom stereocenters. The fourth-order valence-corrected chi connectivity index (χ4v) is 3.52. The molecule has 0 spiro atoms. The first-order valence-corrected chi connectivity index (χ1v) is 7.95. The van der Waals surface area contributed by atoms with Crippen LogP contribution in [0, 0.1) is 0 Å². The van der Waals surface area contributed by atoms with Crippen molar-refractivity contribution in [3.63, 3.8) is 0 Å². The lowest BCUT2D eigenvalue weighted by Gasteiger charge is -2.06. The molecule has 1 heterocycles. The number of sulfonamides is 1. The Morgan fingerprint density at radius 3 is 2.65 bits per heavy atom. The van der Waals surface area contributed by atoms with E-state index in [0.717, 1.165) is 11.3 Å². The van der Waals surface area contributed by atoms with Crippen molar-refractivity contribution >= 4 is 49.7 Å². The van der Waals surface area contributed by atoms with E-state index in [1.165, 1.54) is 13.0 Å².